The van der Waals surface area contributed by atoms with Gasteiger partial charge in [-0.15, -0.1) is 0 Å². The van der Waals surface area contributed by atoms with E-state index in [1.54, 1.807) is 41.3 Å². The maximum Gasteiger partial charge on any atom is 0.265 e. The van der Waals surface area contributed by atoms with E-state index in [2.05, 4.69) is 4.72 Å². The number of nitrogens with one attached hydrogen (secondary N) is 1. The molecule has 2 aromatic rings. The second-order valence-electron chi connectivity index (χ2n) is 5.74. The van der Waals surface area contributed by atoms with Gasteiger partial charge in [-0.3, -0.25) is 9.52 Å². The van der Waals surface area contributed by atoms with Crippen molar-refractivity contribution in [2.45, 2.75) is 24.7 Å². The number of fused-ring (bicyclic) bond motifs is 1. The molecule has 0 aromatic heterocycles. The fourth-order valence-electron chi connectivity index (χ4n) is 3.02. The van der Waals surface area contributed by atoms with Crippen molar-refractivity contribution in [2.75, 3.05) is 23.3 Å². The van der Waals surface area contributed by atoms with Crippen LogP contribution in [0.15, 0.2) is 47.4 Å². The third-order valence-electron chi connectivity index (χ3n) is 4.21. The monoisotopic (exact) mass is 360 g/mol. The molecular weight excluding hydrogens is 340 g/mol. The predicted octanol–water partition coefficient (Wildman–Crippen LogP) is 2.80. The number of nitrogens with zero attached hydrogens (tertiary/aromatic N) is 1. The van der Waals surface area contributed by atoms with Crippen LogP contribution in [0, 0.1) is 0 Å². The van der Waals surface area contributed by atoms with Crippen LogP contribution in [0.3, 0.4) is 0 Å². The number of benzene rings is 2. The standard InChI is InChI=1S/C18H20N2O4S/c1-3-20-15-10-9-14(12-13(15)8-11-18(20)21)19-25(22,23)17-7-5-4-6-16(17)24-2/h4-7,9-10,12,19H,3,8,11H2,1-2H3. The summed E-state index contributed by atoms with van der Waals surface area (Å²) in [6.45, 7) is 2.52. The summed E-state index contributed by atoms with van der Waals surface area (Å²) in [6.07, 6.45) is 1.04. The highest BCUT2D eigenvalue weighted by Crippen LogP contribution is 2.31. The van der Waals surface area contributed by atoms with E-state index in [9.17, 15) is 13.2 Å². The van der Waals surface area contributed by atoms with Gasteiger partial charge >= 0.3 is 0 Å². The van der Waals surface area contributed by atoms with Crippen LogP contribution in [0.25, 0.3) is 0 Å². The number of ether oxygens (including phenoxy) is 1. The van der Waals surface area contributed by atoms with Crippen molar-refractivity contribution in [2.24, 2.45) is 0 Å². The quantitative estimate of drug-likeness (QED) is 0.890. The Morgan fingerprint density at radius 1 is 1.16 bits per heavy atom. The van der Waals surface area contributed by atoms with Crippen LogP contribution in [-0.2, 0) is 21.2 Å². The van der Waals surface area contributed by atoms with Gasteiger partial charge in [0.15, 0.2) is 0 Å². The first kappa shape index (κ1) is 17.3. The molecule has 2 aromatic carbocycles. The number of hydrogen-bond acceptors (Lipinski definition) is 4. The first-order valence-corrected chi connectivity index (χ1v) is 9.53. The van der Waals surface area contributed by atoms with Crippen molar-refractivity contribution >= 4 is 27.3 Å². The molecule has 0 unspecified atom stereocenters. The van der Waals surface area contributed by atoms with Gasteiger partial charge in [0, 0.05) is 24.3 Å². The van der Waals surface area contributed by atoms with Gasteiger partial charge in [-0.25, -0.2) is 8.42 Å². The lowest BCUT2D eigenvalue weighted by Gasteiger charge is -2.28. The first-order chi connectivity index (χ1) is 12.0. The Hall–Kier alpha value is -2.54. The van der Waals surface area contributed by atoms with Gasteiger partial charge < -0.3 is 9.64 Å². The van der Waals surface area contributed by atoms with Gasteiger partial charge in [0.25, 0.3) is 10.0 Å². The summed E-state index contributed by atoms with van der Waals surface area (Å²) in [5, 5.41) is 0. The van der Waals surface area contributed by atoms with Gasteiger partial charge in [-0.05, 0) is 49.2 Å². The number of carbonyl (C=O) groups excluding carboxylic acids is 1. The lowest BCUT2D eigenvalue weighted by molar-refractivity contribution is -0.118. The number of anilines is 2. The topological polar surface area (TPSA) is 75.7 Å². The highest BCUT2D eigenvalue weighted by atomic mass is 32.2. The molecule has 7 heteroatoms. The molecule has 1 N–H and O–H groups in total. The molecule has 1 amide bonds. The van der Waals surface area contributed by atoms with Crippen molar-refractivity contribution in [3.8, 4) is 5.75 Å². The third-order valence-corrected chi connectivity index (χ3v) is 5.63. The maximum atomic E-state index is 12.7. The van der Waals surface area contributed by atoms with Crippen LogP contribution in [-0.4, -0.2) is 28.0 Å². The molecule has 0 saturated heterocycles. The molecule has 6 nitrogen and oxygen atoms in total. The fourth-order valence-corrected chi connectivity index (χ4v) is 4.24. The van der Waals surface area contributed by atoms with E-state index in [1.807, 2.05) is 6.92 Å². The van der Waals surface area contributed by atoms with E-state index in [0.29, 0.717) is 25.1 Å². The molecule has 1 aliphatic heterocycles. The molecule has 0 radical (unpaired) electrons. The van der Waals surface area contributed by atoms with E-state index < -0.39 is 10.0 Å². The molecule has 3 rings (SSSR count). The molecule has 0 bridgehead atoms. The largest absolute Gasteiger partial charge is 0.495 e. The third kappa shape index (κ3) is 3.32. The number of para-hydroxylation sites is 1. The molecule has 0 spiro atoms. The molecule has 132 valence electrons. The van der Waals surface area contributed by atoms with E-state index in [1.165, 1.54) is 13.2 Å². The van der Waals surface area contributed by atoms with Crippen LogP contribution in [0.1, 0.15) is 18.9 Å². The smallest absolute Gasteiger partial charge is 0.265 e. The van der Waals surface area contributed by atoms with Crippen LogP contribution >= 0.6 is 0 Å². The number of hydrogen-bond donors (Lipinski definition) is 1. The van der Waals surface area contributed by atoms with Crippen molar-refractivity contribution < 1.29 is 17.9 Å². The van der Waals surface area contributed by atoms with Crippen LogP contribution in [0.5, 0.6) is 5.75 Å². The predicted molar refractivity (Wildman–Crippen MR) is 96.6 cm³/mol. The Balaban J connectivity index is 1.92. The summed E-state index contributed by atoms with van der Waals surface area (Å²) in [5.74, 6) is 0.382. The van der Waals surface area contributed by atoms with E-state index >= 15 is 0 Å². The lowest BCUT2D eigenvalue weighted by Crippen LogP contribution is -2.34. The highest BCUT2D eigenvalue weighted by Gasteiger charge is 2.24. The number of aryl methyl sites for hydroxylation is 1. The number of rotatable bonds is 5. The Labute approximate surface area is 147 Å². The minimum Gasteiger partial charge on any atom is -0.495 e. The van der Waals surface area contributed by atoms with Crippen molar-refractivity contribution in [1.29, 1.82) is 0 Å². The summed E-state index contributed by atoms with van der Waals surface area (Å²) in [4.78, 5) is 13.8. The fraction of sp³-hybridized carbons (Fsp3) is 0.278. The van der Waals surface area contributed by atoms with Gasteiger partial charge in [-0.2, -0.15) is 0 Å². The zero-order valence-electron chi connectivity index (χ0n) is 14.2. The number of methoxy groups -OCH3 is 1. The van der Waals surface area contributed by atoms with E-state index in [0.717, 1.165) is 11.3 Å². The van der Waals surface area contributed by atoms with Crippen LogP contribution < -0.4 is 14.4 Å². The Kier molecular flexibility index (Phi) is 4.67. The second kappa shape index (κ2) is 6.76. The van der Waals surface area contributed by atoms with Gasteiger partial charge in [0.1, 0.15) is 10.6 Å². The molecule has 0 fully saturated rings. The maximum absolute atomic E-state index is 12.7. The molecule has 25 heavy (non-hydrogen) atoms. The van der Waals surface area contributed by atoms with Crippen molar-refractivity contribution in [1.82, 2.24) is 0 Å². The summed E-state index contributed by atoms with van der Waals surface area (Å²) in [5.41, 5.74) is 2.27. The lowest BCUT2D eigenvalue weighted by atomic mass is 10.0. The molecular formula is C18H20N2O4S. The number of carbonyl (C=O) groups is 1. The molecule has 1 heterocycles. The first-order valence-electron chi connectivity index (χ1n) is 8.05. The summed E-state index contributed by atoms with van der Waals surface area (Å²) in [6, 6.07) is 11.7. The number of sulfonamides is 1. The SMILES string of the molecule is CCN1C(=O)CCc2cc(NS(=O)(=O)c3ccccc3OC)ccc21. The van der Waals surface area contributed by atoms with E-state index in [4.69, 9.17) is 4.74 Å². The van der Waals surface area contributed by atoms with Gasteiger partial charge in [0.2, 0.25) is 5.91 Å². The van der Waals surface area contributed by atoms with Crippen LogP contribution in [0.4, 0.5) is 11.4 Å². The Morgan fingerprint density at radius 2 is 1.92 bits per heavy atom. The zero-order valence-corrected chi connectivity index (χ0v) is 15.0. The van der Waals surface area contributed by atoms with Gasteiger partial charge in [0.05, 0.1) is 7.11 Å². The average Bonchev–Trinajstić information content (AvgIpc) is 2.61. The average molecular weight is 360 g/mol. The summed E-state index contributed by atoms with van der Waals surface area (Å²) in [7, 11) is -2.33. The summed E-state index contributed by atoms with van der Waals surface area (Å²) >= 11 is 0. The van der Waals surface area contributed by atoms with Crippen molar-refractivity contribution in [3.63, 3.8) is 0 Å². The number of amides is 1. The highest BCUT2D eigenvalue weighted by molar-refractivity contribution is 7.92. The normalized spacial score (nSPS) is 14.2. The van der Waals surface area contributed by atoms with Gasteiger partial charge in [-0.1, -0.05) is 12.1 Å². The molecule has 0 saturated carbocycles. The minimum absolute atomic E-state index is 0.0839. The van der Waals surface area contributed by atoms with E-state index in [-0.39, 0.29) is 16.6 Å². The minimum atomic E-state index is -3.77. The summed E-state index contributed by atoms with van der Waals surface area (Å²) < 4.78 is 33.1. The molecule has 1 aliphatic rings. The second-order valence-corrected chi connectivity index (χ2v) is 7.39. The Bertz CT molecular complexity index is 909. The zero-order chi connectivity index (χ0) is 18.0. The molecule has 0 aliphatic carbocycles. The molecule has 0 atom stereocenters. The Morgan fingerprint density at radius 3 is 2.64 bits per heavy atom. The van der Waals surface area contributed by atoms with Crippen molar-refractivity contribution in [3.05, 3.63) is 48.0 Å². The van der Waals surface area contributed by atoms with Crippen LogP contribution in [0.2, 0.25) is 0 Å².